The second kappa shape index (κ2) is 13.1. The van der Waals surface area contributed by atoms with Crippen LogP contribution in [0.15, 0.2) is 77.9 Å². The molecule has 0 saturated heterocycles. The maximum atomic E-state index is 12.3. The number of nitrogens with zero attached hydrogens (tertiary/aromatic N) is 1. The Kier molecular flexibility index (Phi) is 9.40. The molecule has 0 saturated carbocycles. The minimum absolute atomic E-state index is 0.244. The van der Waals surface area contributed by atoms with Gasteiger partial charge in [0.05, 0.1) is 25.6 Å². The van der Waals surface area contributed by atoms with Crippen molar-refractivity contribution in [2.24, 2.45) is 5.10 Å². The van der Waals surface area contributed by atoms with Gasteiger partial charge in [-0.1, -0.05) is 24.3 Å². The molecule has 0 fully saturated rings. The van der Waals surface area contributed by atoms with E-state index in [1.54, 1.807) is 72.8 Å². The van der Waals surface area contributed by atoms with Crippen LogP contribution in [0.25, 0.3) is 0 Å². The number of nitrogens with one attached hydrogen (secondary N) is 3. The number of hydrazone groups is 1. The summed E-state index contributed by atoms with van der Waals surface area (Å²) in [6.45, 7) is 2.21. The van der Waals surface area contributed by atoms with E-state index in [1.165, 1.54) is 13.3 Å². The van der Waals surface area contributed by atoms with E-state index < -0.39 is 11.8 Å². The van der Waals surface area contributed by atoms with Crippen LogP contribution in [0.1, 0.15) is 12.5 Å². The number of benzene rings is 3. The van der Waals surface area contributed by atoms with Gasteiger partial charge < -0.3 is 24.8 Å². The van der Waals surface area contributed by atoms with Gasteiger partial charge in [-0.3, -0.25) is 14.4 Å². The maximum Gasteiger partial charge on any atom is 0.329 e. The molecule has 3 aromatic rings. The highest BCUT2D eigenvalue weighted by Gasteiger charge is 2.15. The third-order valence-electron chi connectivity index (χ3n) is 4.66. The lowest BCUT2D eigenvalue weighted by atomic mass is 10.2. The fourth-order valence-electron chi connectivity index (χ4n) is 3.00. The Labute approximate surface area is 208 Å². The second-order valence-corrected chi connectivity index (χ2v) is 7.19. The van der Waals surface area contributed by atoms with Crippen molar-refractivity contribution in [2.75, 3.05) is 31.0 Å². The lowest BCUT2D eigenvalue weighted by Crippen LogP contribution is -2.32. The Morgan fingerprint density at radius 2 is 1.53 bits per heavy atom. The zero-order valence-corrected chi connectivity index (χ0v) is 19.8. The van der Waals surface area contributed by atoms with Gasteiger partial charge in [-0.15, -0.1) is 0 Å². The zero-order valence-electron chi connectivity index (χ0n) is 19.8. The van der Waals surface area contributed by atoms with Crippen LogP contribution in [0.5, 0.6) is 17.2 Å². The summed E-state index contributed by atoms with van der Waals surface area (Å²) in [5.74, 6) is -0.732. The van der Waals surface area contributed by atoms with Crippen molar-refractivity contribution in [3.8, 4) is 17.2 Å². The molecular weight excluding hydrogens is 464 g/mol. The first-order valence-corrected chi connectivity index (χ1v) is 11.0. The van der Waals surface area contributed by atoms with Crippen molar-refractivity contribution in [1.29, 1.82) is 0 Å². The van der Waals surface area contributed by atoms with E-state index in [0.29, 0.717) is 40.8 Å². The summed E-state index contributed by atoms with van der Waals surface area (Å²) in [5.41, 5.74) is 3.62. The molecule has 0 aliphatic rings. The number of anilines is 2. The smallest absolute Gasteiger partial charge is 0.329 e. The van der Waals surface area contributed by atoms with Crippen LogP contribution in [0, 0.1) is 0 Å². The van der Waals surface area contributed by atoms with Crippen LogP contribution in [-0.2, 0) is 14.4 Å². The molecule has 0 bridgehead atoms. The average molecular weight is 491 g/mol. The van der Waals surface area contributed by atoms with Gasteiger partial charge in [0.15, 0.2) is 6.61 Å². The third kappa shape index (κ3) is 7.59. The molecule has 10 nitrogen and oxygen atoms in total. The quantitative estimate of drug-likeness (QED) is 0.228. The Bertz CT molecular complexity index is 1230. The molecular formula is C26H26N4O6. The highest BCUT2D eigenvalue weighted by Crippen LogP contribution is 2.22. The van der Waals surface area contributed by atoms with Crippen LogP contribution in [0.3, 0.4) is 0 Å². The van der Waals surface area contributed by atoms with E-state index in [4.69, 9.17) is 14.2 Å². The summed E-state index contributed by atoms with van der Waals surface area (Å²) in [5, 5.41) is 9.01. The molecule has 36 heavy (non-hydrogen) atoms. The van der Waals surface area contributed by atoms with E-state index in [9.17, 15) is 14.4 Å². The van der Waals surface area contributed by atoms with Crippen LogP contribution in [0.2, 0.25) is 0 Å². The van der Waals surface area contributed by atoms with Gasteiger partial charge in [-0.25, -0.2) is 5.43 Å². The van der Waals surface area contributed by atoms with Gasteiger partial charge >= 0.3 is 11.8 Å². The summed E-state index contributed by atoms with van der Waals surface area (Å²) in [6.07, 6.45) is 1.31. The summed E-state index contributed by atoms with van der Waals surface area (Å²) >= 11 is 0. The largest absolute Gasteiger partial charge is 0.495 e. The van der Waals surface area contributed by atoms with Gasteiger partial charge in [0.1, 0.15) is 17.2 Å². The Hall–Kier alpha value is -4.86. The molecule has 0 aliphatic heterocycles. The number of para-hydroxylation sites is 3. The first-order valence-electron chi connectivity index (χ1n) is 11.0. The van der Waals surface area contributed by atoms with Crippen LogP contribution in [-0.4, -0.2) is 44.3 Å². The van der Waals surface area contributed by atoms with Crippen molar-refractivity contribution in [3.63, 3.8) is 0 Å². The minimum atomic E-state index is -0.967. The molecule has 3 aromatic carbocycles. The number of carbonyl (C=O) groups excluding carboxylic acids is 3. The van der Waals surface area contributed by atoms with E-state index in [2.05, 4.69) is 21.2 Å². The number of methoxy groups -OCH3 is 1. The first-order chi connectivity index (χ1) is 17.5. The molecule has 3 rings (SSSR count). The highest BCUT2D eigenvalue weighted by atomic mass is 16.5. The molecule has 0 spiro atoms. The first kappa shape index (κ1) is 25.8. The van der Waals surface area contributed by atoms with Crippen molar-refractivity contribution in [3.05, 3.63) is 78.4 Å². The topological polar surface area (TPSA) is 127 Å². The molecule has 0 heterocycles. The zero-order chi connectivity index (χ0) is 25.8. The van der Waals surface area contributed by atoms with E-state index in [-0.39, 0.29) is 12.5 Å². The molecule has 0 radical (unpaired) electrons. The summed E-state index contributed by atoms with van der Waals surface area (Å²) in [7, 11) is 1.46. The lowest BCUT2D eigenvalue weighted by Gasteiger charge is -2.10. The van der Waals surface area contributed by atoms with Crippen molar-refractivity contribution in [2.45, 2.75) is 6.92 Å². The Balaban J connectivity index is 1.52. The molecule has 10 heteroatoms. The maximum absolute atomic E-state index is 12.3. The fraction of sp³-hybridized carbons (Fsp3) is 0.154. The second-order valence-electron chi connectivity index (χ2n) is 7.19. The van der Waals surface area contributed by atoms with Crippen molar-refractivity contribution < 1.29 is 28.6 Å². The molecule has 3 amide bonds. The highest BCUT2D eigenvalue weighted by molar-refractivity contribution is 6.39. The van der Waals surface area contributed by atoms with Crippen LogP contribution >= 0.6 is 0 Å². The third-order valence-corrected chi connectivity index (χ3v) is 4.66. The van der Waals surface area contributed by atoms with Gasteiger partial charge in [-0.05, 0) is 55.5 Å². The Morgan fingerprint density at radius 1 is 0.833 bits per heavy atom. The number of hydrogen-bond donors (Lipinski definition) is 3. The van der Waals surface area contributed by atoms with Gasteiger partial charge in [-0.2, -0.15) is 5.10 Å². The van der Waals surface area contributed by atoms with E-state index >= 15 is 0 Å². The average Bonchev–Trinajstić information content (AvgIpc) is 2.89. The molecule has 0 unspecified atom stereocenters. The predicted octanol–water partition coefficient (Wildman–Crippen LogP) is 3.20. The van der Waals surface area contributed by atoms with Crippen molar-refractivity contribution >= 4 is 35.3 Å². The number of hydrogen-bond acceptors (Lipinski definition) is 7. The van der Waals surface area contributed by atoms with Crippen LogP contribution < -0.4 is 30.3 Å². The molecule has 0 aliphatic carbocycles. The molecule has 186 valence electrons. The predicted molar refractivity (Wildman–Crippen MR) is 136 cm³/mol. The van der Waals surface area contributed by atoms with Crippen molar-refractivity contribution in [1.82, 2.24) is 5.43 Å². The number of amides is 3. The lowest BCUT2D eigenvalue weighted by molar-refractivity contribution is -0.136. The van der Waals surface area contributed by atoms with Crippen LogP contribution in [0.4, 0.5) is 11.4 Å². The van der Waals surface area contributed by atoms with Gasteiger partial charge in [0.25, 0.3) is 5.91 Å². The van der Waals surface area contributed by atoms with E-state index in [1.807, 2.05) is 6.92 Å². The number of ether oxygens (including phenoxy) is 3. The normalized spacial score (nSPS) is 10.4. The molecule has 0 aromatic heterocycles. The fourth-order valence-corrected chi connectivity index (χ4v) is 3.00. The minimum Gasteiger partial charge on any atom is -0.495 e. The summed E-state index contributed by atoms with van der Waals surface area (Å²) in [4.78, 5) is 36.5. The standard InChI is InChI=1S/C26H26N4O6/c1-3-35-20-14-12-19(13-15-20)28-24(31)17-36-22-10-6-4-8-18(22)16-27-30-26(33)25(32)29-21-9-5-7-11-23(21)34-2/h4-16H,3,17H2,1-2H3,(H,28,31)(H,29,32)(H,30,33)/b27-16-. The van der Waals surface area contributed by atoms with Gasteiger partial charge in [0.2, 0.25) is 0 Å². The monoisotopic (exact) mass is 490 g/mol. The number of rotatable bonds is 10. The summed E-state index contributed by atoms with van der Waals surface area (Å²) < 4.78 is 16.1. The summed E-state index contributed by atoms with van der Waals surface area (Å²) in [6, 6.07) is 20.5. The molecule has 0 atom stereocenters. The SMILES string of the molecule is CCOc1ccc(NC(=O)COc2ccccc2/C=N\NC(=O)C(=O)Nc2ccccc2OC)cc1. The van der Waals surface area contributed by atoms with Gasteiger partial charge in [0, 0.05) is 11.3 Å². The van der Waals surface area contributed by atoms with E-state index in [0.717, 1.165) is 0 Å². The molecule has 3 N–H and O–H groups in total. The number of carbonyl (C=O) groups is 3. The Morgan fingerprint density at radius 3 is 2.25 bits per heavy atom.